The van der Waals surface area contributed by atoms with Crippen molar-refractivity contribution < 1.29 is 0 Å². The highest BCUT2D eigenvalue weighted by Gasteiger charge is 2.18. The van der Waals surface area contributed by atoms with Crippen LogP contribution in [0, 0.1) is 5.92 Å². The Morgan fingerprint density at radius 1 is 0.939 bits per heavy atom. The van der Waals surface area contributed by atoms with Crippen LogP contribution in [0.1, 0.15) is 133 Å². The molecule has 0 saturated heterocycles. The van der Waals surface area contributed by atoms with E-state index in [1.165, 1.54) is 101 Å². The lowest BCUT2D eigenvalue weighted by Gasteiger charge is -2.18. The van der Waals surface area contributed by atoms with Gasteiger partial charge in [-0.15, -0.1) is 0 Å². The number of hydrogen-bond acceptors (Lipinski definition) is 3. The van der Waals surface area contributed by atoms with Crippen LogP contribution >= 0.6 is 0 Å². The van der Waals surface area contributed by atoms with Gasteiger partial charge in [0.2, 0.25) is 0 Å². The van der Waals surface area contributed by atoms with Crippen molar-refractivity contribution in [1.82, 2.24) is 25.3 Å². The van der Waals surface area contributed by atoms with E-state index in [-0.39, 0.29) is 0 Å². The summed E-state index contributed by atoms with van der Waals surface area (Å²) in [6.07, 6.45) is 21.2. The van der Waals surface area contributed by atoms with Crippen LogP contribution in [-0.4, -0.2) is 26.0 Å². The molecule has 3 atom stereocenters. The van der Waals surface area contributed by atoms with E-state index in [0.717, 1.165) is 24.7 Å². The summed E-state index contributed by atoms with van der Waals surface area (Å²) in [7, 11) is 0. The van der Waals surface area contributed by atoms with Crippen LogP contribution in [0.3, 0.4) is 0 Å². The first-order valence-corrected chi connectivity index (χ1v) is 14.0. The number of rotatable bonds is 7. The molecular formula is C28H47N5. The van der Waals surface area contributed by atoms with Gasteiger partial charge in [0, 0.05) is 36.3 Å². The maximum absolute atomic E-state index is 4.95. The smallest absolute Gasteiger partial charge is 0.0763 e. The third kappa shape index (κ3) is 7.70. The average Bonchev–Trinajstić information content (AvgIpc) is 3.44. The van der Waals surface area contributed by atoms with Crippen LogP contribution in [0.5, 0.6) is 0 Å². The van der Waals surface area contributed by atoms with Crippen molar-refractivity contribution in [3.05, 3.63) is 35.4 Å². The SMILES string of the molecule is C[C@H]1CCCCC(c2cc(CN[C@H](C)Cn3ccc(C4CCCCCCC4)n3)n[nH]2)CCC1. The third-order valence-corrected chi connectivity index (χ3v) is 8.12. The lowest BCUT2D eigenvalue weighted by Crippen LogP contribution is -2.30. The van der Waals surface area contributed by atoms with Gasteiger partial charge < -0.3 is 5.32 Å². The maximum Gasteiger partial charge on any atom is 0.0763 e. The second-order valence-electron chi connectivity index (χ2n) is 11.1. The van der Waals surface area contributed by atoms with Crippen LogP contribution in [0.2, 0.25) is 0 Å². The lowest BCUT2D eigenvalue weighted by molar-refractivity contribution is 0.426. The molecule has 5 heteroatoms. The van der Waals surface area contributed by atoms with Gasteiger partial charge in [0.1, 0.15) is 0 Å². The van der Waals surface area contributed by atoms with Gasteiger partial charge in [0.05, 0.1) is 17.9 Å². The van der Waals surface area contributed by atoms with E-state index < -0.39 is 0 Å². The topological polar surface area (TPSA) is 58.5 Å². The predicted molar refractivity (Wildman–Crippen MR) is 136 cm³/mol. The Kier molecular flexibility index (Phi) is 9.46. The fourth-order valence-electron chi connectivity index (χ4n) is 5.95. The highest BCUT2D eigenvalue weighted by atomic mass is 15.3. The number of nitrogens with zero attached hydrogens (tertiary/aromatic N) is 3. The molecule has 33 heavy (non-hydrogen) atoms. The van der Waals surface area contributed by atoms with Crippen molar-refractivity contribution in [3.63, 3.8) is 0 Å². The summed E-state index contributed by atoms with van der Waals surface area (Å²) in [5, 5.41) is 16.6. The molecule has 1 unspecified atom stereocenters. The number of aromatic amines is 1. The fraction of sp³-hybridized carbons (Fsp3) is 0.786. The van der Waals surface area contributed by atoms with Crippen molar-refractivity contribution in [1.29, 1.82) is 0 Å². The van der Waals surface area contributed by atoms with E-state index in [2.05, 4.69) is 52.4 Å². The Bertz CT molecular complexity index is 801. The zero-order valence-electron chi connectivity index (χ0n) is 21.2. The van der Waals surface area contributed by atoms with E-state index in [0.29, 0.717) is 17.9 Å². The minimum absolute atomic E-state index is 0.363. The molecule has 2 aromatic rings. The largest absolute Gasteiger partial charge is 0.307 e. The molecule has 0 amide bonds. The summed E-state index contributed by atoms with van der Waals surface area (Å²) in [4.78, 5) is 0. The molecule has 0 aliphatic heterocycles. The molecule has 2 heterocycles. The molecule has 0 radical (unpaired) electrons. The minimum Gasteiger partial charge on any atom is -0.307 e. The molecular weight excluding hydrogens is 406 g/mol. The van der Waals surface area contributed by atoms with E-state index in [4.69, 9.17) is 5.10 Å². The zero-order chi connectivity index (χ0) is 22.9. The molecule has 2 saturated carbocycles. The summed E-state index contributed by atoms with van der Waals surface area (Å²) in [5.41, 5.74) is 3.80. The van der Waals surface area contributed by atoms with Crippen molar-refractivity contribution in [2.75, 3.05) is 0 Å². The summed E-state index contributed by atoms with van der Waals surface area (Å²) < 4.78 is 2.14. The van der Waals surface area contributed by atoms with Crippen LogP contribution in [0.4, 0.5) is 0 Å². The second kappa shape index (κ2) is 12.7. The molecule has 0 bridgehead atoms. The van der Waals surface area contributed by atoms with Crippen LogP contribution in [0.25, 0.3) is 0 Å². The monoisotopic (exact) mass is 453 g/mol. The van der Waals surface area contributed by atoms with Gasteiger partial charge in [-0.3, -0.25) is 9.78 Å². The molecule has 5 nitrogen and oxygen atoms in total. The molecule has 4 rings (SSSR count). The maximum atomic E-state index is 4.95. The summed E-state index contributed by atoms with van der Waals surface area (Å²) >= 11 is 0. The highest BCUT2D eigenvalue weighted by Crippen LogP contribution is 2.31. The molecule has 2 aliphatic rings. The molecule has 0 aromatic carbocycles. The van der Waals surface area contributed by atoms with Crippen molar-refractivity contribution >= 4 is 0 Å². The molecule has 0 spiro atoms. The Labute approximate surface area is 201 Å². The quantitative estimate of drug-likeness (QED) is 0.471. The number of hydrogen-bond donors (Lipinski definition) is 2. The zero-order valence-corrected chi connectivity index (χ0v) is 21.2. The number of H-pyrrole nitrogens is 1. The van der Waals surface area contributed by atoms with E-state index in [1.807, 2.05) is 0 Å². The first kappa shape index (κ1) is 24.5. The van der Waals surface area contributed by atoms with Gasteiger partial charge in [-0.2, -0.15) is 10.2 Å². The summed E-state index contributed by atoms with van der Waals surface area (Å²) in [6.45, 7) is 6.40. The average molecular weight is 454 g/mol. The van der Waals surface area contributed by atoms with Gasteiger partial charge in [0.15, 0.2) is 0 Å². The molecule has 2 aliphatic carbocycles. The normalized spacial score (nSPS) is 24.9. The summed E-state index contributed by atoms with van der Waals surface area (Å²) in [5.74, 6) is 2.22. The number of aromatic nitrogens is 4. The van der Waals surface area contributed by atoms with Gasteiger partial charge in [0.25, 0.3) is 0 Å². The molecule has 2 aromatic heterocycles. The Hall–Kier alpha value is -1.62. The fourth-order valence-corrected chi connectivity index (χ4v) is 5.95. The Morgan fingerprint density at radius 2 is 1.61 bits per heavy atom. The van der Waals surface area contributed by atoms with E-state index >= 15 is 0 Å². The molecule has 2 N–H and O–H groups in total. The predicted octanol–water partition coefficient (Wildman–Crippen LogP) is 7.08. The van der Waals surface area contributed by atoms with Gasteiger partial charge >= 0.3 is 0 Å². The first-order valence-electron chi connectivity index (χ1n) is 14.0. The highest BCUT2D eigenvalue weighted by molar-refractivity contribution is 5.13. The van der Waals surface area contributed by atoms with Crippen LogP contribution in [-0.2, 0) is 13.1 Å². The number of nitrogens with one attached hydrogen (secondary N) is 2. The molecule has 184 valence electrons. The van der Waals surface area contributed by atoms with Crippen LogP contribution < -0.4 is 5.32 Å². The van der Waals surface area contributed by atoms with E-state index in [1.54, 1.807) is 0 Å². The van der Waals surface area contributed by atoms with E-state index in [9.17, 15) is 0 Å². The standard InChI is InChI=1S/C28H47N5/c1-22-11-8-9-15-25(16-10-12-22)28-19-26(30-31-28)20-29-23(2)21-33-18-17-27(32-33)24-13-6-4-3-5-7-14-24/h17-19,22-25,29H,3-16,20-21H2,1-2H3,(H,30,31)/t22-,23+,25?/m0/s1. The molecule has 2 fully saturated rings. The third-order valence-electron chi connectivity index (χ3n) is 8.12. The van der Waals surface area contributed by atoms with Gasteiger partial charge in [-0.1, -0.05) is 71.1 Å². The van der Waals surface area contributed by atoms with Crippen molar-refractivity contribution in [3.8, 4) is 0 Å². The first-order chi connectivity index (χ1) is 16.2. The van der Waals surface area contributed by atoms with Crippen molar-refractivity contribution in [2.45, 2.75) is 135 Å². The lowest BCUT2D eigenvalue weighted by atomic mass is 9.89. The second-order valence-corrected chi connectivity index (χ2v) is 11.1. The van der Waals surface area contributed by atoms with Gasteiger partial charge in [-0.05, 0) is 50.7 Å². The summed E-state index contributed by atoms with van der Waals surface area (Å²) in [6, 6.07) is 4.94. The van der Waals surface area contributed by atoms with Crippen LogP contribution in [0.15, 0.2) is 18.3 Å². The minimum atomic E-state index is 0.363. The Balaban J connectivity index is 1.23. The van der Waals surface area contributed by atoms with Gasteiger partial charge in [-0.25, -0.2) is 0 Å². The Morgan fingerprint density at radius 3 is 2.45 bits per heavy atom. The van der Waals surface area contributed by atoms with Crippen molar-refractivity contribution in [2.24, 2.45) is 5.92 Å².